The number of nitrogens with two attached hydrogens (primary N) is 1. The highest BCUT2D eigenvalue weighted by molar-refractivity contribution is 6.30. The molecule has 2 aromatic rings. The molecule has 0 bridgehead atoms. The summed E-state index contributed by atoms with van der Waals surface area (Å²) in [6.07, 6.45) is 5.29. The van der Waals surface area contributed by atoms with Crippen molar-refractivity contribution >= 4 is 23.4 Å². The van der Waals surface area contributed by atoms with Crippen molar-refractivity contribution in [2.75, 3.05) is 17.2 Å². The molecule has 1 aliphatic rings. The van der Waals surface area contributed by atoms with Crippen LogP contribution in [0, 0.1) is 0 Å². The molecule has 0 aliphatic carbocycles. The molecule has 1 unspecified atom stereocenters. The third-order valence-corrected chi connectivity index (χ3v) is 3.36. The monoisotopic (exact) mass is 276 g/mol. The first-order valence-electron chi connectivity index (χ1n) is 6.07. The molecule has 0 saturated carbocycles. The van der Waals surface area contributed by atoms with Crippen LogP contribution in [0.5, 0.6) is 0 Å². The van der Waals surface area contributed by atoms with E-state index in [1.807, 2.05) is 6.07 Å². The highest BCUT2D eigenvalue weighted by atomic mass is 35.5. The van der Waals surface area contributed by atoms with Crippen molar-refractivity contribution in [3.63, 3.8) is 0 Å². The number of nitrogens with zero attached hydrogens (tertiary/aromatic N) is 5. The van der Waals surface area contributed by atoms with E-state index in [1.165, 1.54) is 0 Å². The molecule has 2 N–H and O–H groups in total. The quantitative estimate of drug-likeness (QED) is 0.901. The molecule has 6 nitrogen and oxygen atoms in total. The van der Waals surface area contributed by atoms with Gasteiger partial charge in [-0.1, -0.05) is 11.6 Å². The van der Waals surface area contributed by atoms with Crippen LogP contribution in [0.4, 0.5) is 11.8 Å². The second-order valence-electron chi connectivity index (χ2n) is 4.44. The van der Waals surface area contributed by atoms with Crippen LogP contribution in [0.3, 0.4) is 0 Å². The van der Waals surface area contributed by atoms with Gasteiger partial charge in [-0.2, -0.15) is 5.10 Å². The standard InChI is InChI=1S/C12H13ClN6/c13-8-6-15-12(16-7-8)19-5-1-2-10(19)9-3-4-11(14)18-17-9/h3-4,6-7,10H,1-2,5H2,(H2,14,18). The Labute approximate surface area is 115 Å². The van der Waals surface area contributed by atoms with Crippen molar-refractivity contribution in [2.24, 2.45) is 0 Å². The van der Waals surface area contributed by atoms with E-state index in [4.69, 9.17) is 17.3 Å². The topological polar surface area (TPSA) is 80.8 Å². The van der Waals surface area contributed by atoms with Gasteiger partial charge in [-0.15, -0.1) is 5.10 Å². The first-order chi connectivity index (χ1) is 9.24. The van der Waals surface area contributed by atoms with Crippen LogP contribution in [-0.2, 0) is 0 Å². The maximum Gasteiger partial charge on any atom is 0.225 e. The van der Waals surface area contributed by atoms with Crippen LogP contribution in [0.1, 0.15) is 24.6 Å². The Balaban J connectivity index is 1.89. The van der Waals surface area contributed by atoms with Crippen molar-refractivity contribution in [1.29, 1.82) is 0 Å². The highest BCUT2D eigenvalue weighted by Crippen LogP contribution is 2.33. The maximum atomic E-state index is 5.81. The number of nitrogen functional groups attached to an aromatic ring is 1. The predicted molar refractivity (Wildman–Crippen MR) is 72.8 cm³/mol. The Morgan fingerprint density at radius 3 is 2.68 bits per heavy atom. The predicted octanol–water partition coefficient (Wildman–Crippen LogP) is 1.84. The molecular weight excluding hydrogens is 264 g/mol. The second kappa shape index (κ2) is 4.97. The van der Waals surface area contributed by atoms with Crippen molar-refractivity contribution in [2.45, 2.75) is 18.9 Å². The van der Waals surface area contributed by atoms with Crippen molar-refractivity contribution in [1.82, 2.24) is 20.2 Å². The van der Waals surface area contributed by atoms with Crippen LogP contribution in [0.25, 0.3) is 0 Å². The first-order valence-corrected chi connectivity index (χ1v) is 6.45. The van der Waals surface area contributed by atoms with Crippen molar-refractivity contribution in [3.8, 4) is 0 Å². The molecule has 0 aromatic carbocycles. The fourth-order valence-electron chi connectivity index (χ4n) is 2.30. The Morgan fingerprint density at radius 2 is 2.00 bits per heavy atom. The molecule has 1 saturated heterocycles. The summed E-state index contributed by atoms with van der Waals surface area (Å²) < 4.78 is 0. The molecule has 98 valence electrons. The summed E-state index contributed by atoms with van der Waals surface area (Å²) in [5.41, 5.74) is 6.45. The Hall–Kier alpha value is -1.95. The van der Waals surface area contributed by atoms with Gasteiger partial charge in [-0.05, 0) is 25.0 Å². The van der Waals surface area contributed by atoms with Gasteiger partial charge in [0.05, 0.1) is 29.2 Å². The van der Waals surface area contributed by atoms with Gasteiger partial charge in [0, 0.05) is 6.54 Å². The molecule has 1 atom stereocenters. The third kappa shape index (κ3) is 2.44. The largest absolute Gasteiger partial charge is 0.382 e. The average Bonchev–Trinajstić information content (AvgIpc) is 2.90. The van der Waals surface area contributed by atoms with Crippen LogP contribution in [-0.4, -0.2) is 26.7 Å². The van der Waals surface area contributed by atoms with Gasteiger partial charge in [0.1, 0.15) is 5.82 Å². The van der Waals surface area contributed by atoms with Gasteiger partial charge in [0.2, 0.25) is 5.95 Å². The summed E-state index contributed by atoms with van der Waals surface area (Å²) >= 11 is 5.81. The van der Waals surface area contributed by atoms with E-state index < -0.39 is 0 Å². The molecular formula is C12H13ClN6. The van der Waals surface area contributed by atoms with E-state index in [9.17, 15) is 0 Å². The van der Waals surface area contributed by atoms with Crippen molar-refractivity contribution in [3.05, 3.63) is 35.2 Å². The second-order valence-corrected chi connectivity index (χ2v) is 4.87. The molecule has 0 spiro atoms. The lowest BCUT2D eigenvalue weighted by Crippen LogP contribution is -2.25. The molecule has 1 aliphatic heterocycles. The van der Waals surface area contributed by atoms with Gasteiger partial charge in [-0.3, -0.25) is 0 Å². The summed E-state index contributed by atoms with van der Waals surface area (Å²) in [5.74, 6) is 1.10. The van der Waals surface area contributed by atoms with Crippen LogP contribution in [0.2, 0.25) is 5.02 Å². The number of anilines is 2. The van der Waals surface area contributed by atoms with E-state index in [2.05, 4.69) is 25.1 Å². The maximum absolute atomic E-state index is 5.81. The van der Waals surface area contributed by atoms with E-state index in [-0.39, 0.29) is 6.04 Å². The van der Waals surface area contributed by atoms with Gasteiger partial charge in [0.25, 0.3) is 0 Å². The Morgan fingerprint density at radius 1 is 1.21 bits per heavy atom. The summed E-state index contributed by atoms with van der Waals surface area (Å²) in [4.78, 5) is 10.6. The fourth-order valence-corrected chi connectivity index (χ4v) is 2.40. The number of halogens is 1. The Kier molecular flexibility index (Phi) is 3.16. The normalized spacial score (nSPS) is 18.8. The van der Waals surface area contributed by atoms with Gasteiger partial charge in [-0.25, -0.2) is 9.97 Å². The first kappa shape index (κ1) is 12.1. The molecule has 0 amide bonds. The lowest BCUT2D eigenvalue weighted by atomic mass is 10.1. The number of rotatable bonds is 2. The van der Waals surface area contributed by atoms with Gasteiger partial charge < -0.3 is 10.6 Å². The minimum atomic E-state index is 0.147. The van der Waals surface area contributed by atoms with E-state index >= 15 is 0 Å². The summed E-state index contributed by atoms with van der Waals surface area (Å²) in [5, 5.41) is 8.59. The minimum absolute atomic E-state index is 0.147. The Bertz CT molecular complexity index is 504. The fraction of sp³-hybridized carbons (Fsp3) is 0.333. The summed E-state index contributed by atoms with van der Waals surface area (Å²) in [6.45, 7) is 0.901. The zero-order valence-electron chi connectivity index (χ0n) is 10.2. The summed E-state index contributed by atoms with van der Waals surface area (Å²) in [7, 11) is 0. The molecule has 1 fully saturated rings. The van der Waals surface area contributed by atoms with E-state index in [0.717, 1.165) is 25.1 Å². The molecule has 19 heavy (non-hydrogen) atoms. The molecule has 2 aromatic heterocycles. The van der Waals surface area contributed by atoms with E-state index in [0.29, 0.717) is 16.8 Å². The van der Waals surface area contributed by atoms with Gasteiger partial charge >= 0.3 is 0 Å². The lowest BCUT2D eigenvalue weighted by Gasteiger charge is -2.23. The van der Waals surface area contributed by atoms with Gasteiger partial charge in [0.15, 0.2) is 0 Å². The smallest absolute Gasteiger partial charge is 0.225 e. The lowest BCUT2D eigenvalue weighted by molar-refractivity contribution is 0.666. The zero-order valence-corrected chi connectivity index (χ0v) is 11.0. The molecule has 7 heteroatoms. The number of aromatic nitrogens is 4. The van der Waals surface area contributed by atoms with Crippen molar-refractivity contribution < 1.29 is 0 Å². The minimum Gasteiger partial charge on any atom is -0.382 e. The highest BCUT2D eigenvalue weighted by Gasteiger charge is 2.29. The third-order valence-electron chi connectivity index (χ3n) is 3.16. The average molecular weight is 277 g/mol. The SMILES string of the molecule is Nc1ccc(C2CCCN2c2ncc(Cl)cn2)nn1. The van der Waals surface area contributed by atoms with Crippen LogP contribution >= 0.6 is 11.6 Å². The number of hydrogen-bond donors (Lipinski definition) is 1. The number of hydrogen-bond acceptors (Lipinski definition) is 6. The van der Waals surface area contributed by atoms with Crippen LogP contribution < -0.4 is 10.6 Å². The van der Waals surface area contributed by atoms with E-state index in [1.54, 1.807) is 18.5 Å². The zero-order chi connectivity index (χ0) is 13.2. The molecule has 3 rings (SSSR count). The van der Waals surface area contributed by atoms with Crippen LogP contribution in [0.15, 0.2) is 24.5 Å². The molecule has 3 heterocycles. The molecule has 0 radical (unpaired) electrons. The summed E-state index contributed by atoms with van der Waals surface area (Å²) in [6, 6.07) is 3.82.